The lowest BCUT2D eigenvalue weighted by atomic mass is 9.95. The van der Waals surface area contributed by atoms with Gasteiger partial charge in [0, 0.05) is 35.6 Å². The lowest BCUT2D eigenvalue weighted by molar-refractivity contribution is 0.400. The van der Waals surface area contributed by atoms with Gasteiger partial charge in [-0.15, -0.1) is 0 Å². The molecule has 2 N–H and O–H groups in total. The third kappa shape index (κ3) is 8.90. The lowest BCUT2D eigenvalue weighted by Crippen LogP contribution is -2.19. The maximum atomic E-state index is 9.61. The van der Waals surface area contributed by atoms with Crippen molar-refractivity contribution in [3.8, 4) is 5.75 Å². The van der Waals surface area contributed by atoms with E-state index in [1.54, 1.807) is 7.11 Å². The van der Waals surface area contributed by atoms with Crippen molar-refractivity contribution in [1.29, 1.82) is 0 Å². The van der Waals surface area contributed by atoms with Gasteiger partial charge in [-0.1, -0.05) is 66.3 Å². The molecule has 0 atom stereocenters. The normalized spacial score (nSPS) is 12.0. The van der Waals surface area contributed by atoms with E-state index in [1.165, 1.54) is 16.8 Å². The monoisotopic (exact) mass is 441 g/mol. The maximum Gasteiger partial charge on any atom is 0.122 e. The second kappa shape index (κ2) is 10.5. The lowest BCUT2D eigenvalue weighted by Gasteiger charge is -2.22. The van der Waals surface area contributed by atoms with Crippen molar-refractivity contribution < 1.29 is 9.84 Å². The summed E-state index contributed by atoms with van der Waals surface area (Å²) in [5, 5.41) is 13.2. The van der Waals surface area contributed by atoms with Crippen LogP contribution in [0.3, 0.4) is 0 Å². The summed E-state index contributed by atoms with van der Waals surface area (Å²) < 4.78 is 5.83. The highest BCUT2D eigenvalue weighted by Gasteiger charge is 2.16. The minimum absolute atomic E-state index is 0.174. The molecule has 2 aromatic carbocycles. The molecule has 3 nitrogen and oxygen atoms in total. The van der Waals surface area contributed by atoms with Crippen molar-refractivity contribution in [1.82, 2.24) is 0 Å². The Labute approximate surface area is 193 Å². The zero-order valence-electron chi connectivity index (χ0n) is 20.3. The van der Waals surface area contributed by atoms with Crippen LogP contribution < -0.4 is 10.1 Å². The van der Waals surface area contributed by atoms with E-state index < -0.39 is 0 Å². The molecule has 4 heteroatoms. The number of rotatable bonds is 9. The summed E-state index contributed by atoms with van der Waals surface area (Å²) in [6.45, 7) is 18.1. The summed E-state index contributed by atoms with van der Waals surface area (Å²) in [5.41, 5.74) is 6.20. The molecule has 0 saturated heterocycles. The van der Waals surface area contributed by atoms with Gasteiger partial charge in [0.05, 0.1) is 12.9 Å². The summed E-state index contributed by atoms with van der Waals surface area (Å²) in [5.74, 6) is 2.00. The van der Waals surface area contributed by atoms with E-state index in [4.69, 9.17) is 4.74 Å². The van der Waals surface area contributed by atoms with Crippen molar-refractivity contribution in [3.63, 3.8) is 0 Å². The van der Waals surface area contributed by atoms with Gasteiger partial charge in [-0.2, -0.15) is 11.8 Å². The number of thioether (sulfide) groups is 1. The Morgan fingerprint density at radius 1 is 1.00 bits per heavy atom. The molecule has 0 aliphatic carbocycles. The molecular weight excluding hydrogens is 402 g/mol. The molecule has 2 rings (SSSR count). The number of allylic oxidation sites excluding steroid dienone is 1. The van der Waals surface area contributed by atoms with E-state index in [-0.39, 0.29) is 15.9 Å². The van der Waals surface area contributed by atoms with Crippen LogP contribution >= 0.6 is 11.8 Å². The molecule has 170 valence electrons. The highest BCUT2D eigenvalue weighted by atomic mass is 32.2. The van der Waals surface area contributed by atoms with Gasteiger partial charge in [0.15, 0.2) is 0 Å². The van der Waals surface area contributed by atoms with Crippen LogP contribution in [0.4, 0.5) is 5.69 Å². The fraction of sp³-hybridized carbons (Fsp3) is 0.481. The zero-order chi connectivity index (χ0) is 23.2. The van der Waals surface area contributed by atoms with E-state index in [0.29, 0.717) is 6.42 Å². The van der Waals surface area contributed by atoms with Gasteiger partial charge in [0.25, 0.3) is 0 Å². The van der Waals surface area contributed by atoms with Crippen molar-refractivity contribution in [2.24, 2.45) is 5.41 Å². The van der Waals surface area contributed by atoms with E-state index in [0.717, 1.165) is 35.6 Å². The van der Waals surface area contributed by atoms with Crippen molar-refractivity contribution in [3.05, 3.63) is 71.0 Å². The Balaban J connectivity index is 2.36. The summed E-state index contributed by atoms with van der Waals surface area (Å²) in [6.07, 6.45) is 1.24. The molecule has 0 amide bonds. The molecule has 0 heterocycles. The number of aliphatic hydroxyl groups is 1. The fourth-order valence-corrected chi connectivity index (χ4v) is 4.08. The Morgan fingerprint density at radius 3 is 2.29 bits per heavy atom. The number of benzene rings is 2. The van der Waals surface area contributed by atoms with Gasteiger partial charge in [-0.3, -0.25) is 0 Å². The van der Waals surface area contributed by atoms with Crippen LogP contribution in [-0.4, -0.2) is 23.5 Å². The van der Waals surface area contributed by atoms with E-state index in [2.05, 4.69) is 77.7 Å². The number of anilines is 1. The summed E-state index contributed by atoms with van der Waals surface area (Å²) in [6, 6.07) is 12.8. The highest BCUT2D eigenvalue weighted by molar-refractivity contribution is 7.99. The topological polar surface area (TPSA) is 41.5 Å². The van der Waals surface area contributed by atoms with Gasteiger partial charge in [0.2, 0.25) is 0 Å². The first-order chi connectivity index (χ1) is 14.4. The summed E-state index contributed by atoms with van der Waals surface area (Å²) in [7, 11) is 1.71. The average Bonchev–Trinajstić information content (AvgIpc) is 2.64. The molecule has 0 bridgehead atoms. The van der Waals surface area contributed by atoms with Crippen molar-refractivity contribution >= 4 is 17.4 Å². The number of aliphatic hydroxyl groups excluding tert-OH is 1. The Bertz CT molecular complexity index is 891. The second-order valence-corrected chi connectivity index (χ2v) is 12.2. The summed E-state index contributed by atoms with van der Waals surface area (Å²) >= 11 is 1.96. The molecular formula is C27H39NO2S. The van der Waals surface area contributed by atoms with Gasteiger partial charge >= 0.3 is 0 Å². The van der Waals surface area contributed by atoms with E-state index in [9.17, 15) is 5.11 Å². The quantitative estimate of drug-likeness (QED) is 0.398. The largest absolute Gasteiger partial charge is 0.513 e. The van der Waals surface area contributed by atoms with Crippen molar-refractivity contribution in [2.75, 3.05) is 19.0 Å². The molecule has 0 aliphatic heterocycles. The van der Waals surface area contributed by atoms with Gasteiger partial charge in [-0.25, -0.2) is 0 Å². The molecule has 0 aromatic heterocycles. The van der Waals surface area contributed by atoms with Gasteiger partial charge in [0.1, 0.15) is 5.75 Å². The van der Waals surface area contributed by atoms with Crippen LogP contribution in [0.15, 0.2) is 48.7 Å². The molecule has 0 unspecified atom stereocenters. The van der Waals surface area contributed by atoms with Crippen LogP contribution in [0, 0.1) is 5.41 Å². The first-order valence-electron chi connectivity index (χ1n) is 10.9. The first-order valence-corrected chi connectivity index (χ1v) is 11.9. The molecule has 0 fully saturated rings. The molecule has 0 radical (unpaired) electrons. The number of hydrogen-bond acceptors (Lipinski definition) is 4. The maximum absolute atomic E-state index is 9.61. The number of ether oxygens (including phenoxy) is 1. The Hall–Kier alpha value is -2.07. The second-order valence-electron chi connectivity index (χ2n) is 10.4. The predicted octanol–water partition coefficient (Wildman–Crippen LogP) is 7.39. The Kier molecular flexibility index (Phi) is 8.53. The SMILES string of the molecule is C=C(O)Cc1ccc(OC)c(Cc2ccc(NCC(C)(C)C)cc2CSC(C)(C)C)c1. The van der Waals surface area contributed by atoms with Crippen molar-refractivity contribution in [2.45, 2.75) is 64.9 Å². The highest BCUT2D eigenvalue weighted by Crippen LogP contribution is 2.32. The predicted molar refractivity (Wildman–Crippen MR) is 137 cm³/mol. The average molecular weight is 442 g/mol. The van der Waals surface area contributed by atoms with E-state index in [1.807, 2.05) is 23.9 Å². The summed E-state index contributed by atoms with van der Waals surface area (Å²) in [4.78, 5) is 0. The van der Waals surface area contributed by atoms with Crippen LogP contribution in [-0.2, 0) is 18.6 Å². The molecule has 2 aromatic rings. The van der Waals surface area contributed by atoms with Crippen LogP contribution in [0.2, 0.25) is 0 Å². The van der Waals surface area contributed by atoms with Gasteiger partial charge in [-0.05, 0) is 45.9 Å². The Morgan fingerprint density at radius 2 is 1.71 bits per heavy atom. The number of methoxy groups -OCH3 is 1. The van der Waals surface area contributed by atoms with Crippen LogP contribution in [0.1, 0.15) is 63.8 Å². The molecule has 0 aliphatic rings. The molecule has 31 heavy (non-hydrogen) atoms. The standard InChI is InChI=1S/C27H39NO2S/c1-19(29)13-20-9-12-25(30-8)22(14-20)15-21-10-11-24(28-18-26(2,3)4)16-23(21)17-31-27(5,6)7/h9-12,14,16,28-29H,1,13,15,17-18H2,2-8H3. The fourth-order valence-electron chi connectivity index (χ4n) is 3.23. The van der Waals surface area contributed by atoms with Crippen LogP contribution in [0.5, 0.6) is 5.75 Å². The zero-order valence-corrected chi connectivity index (χ0v) is 21.1. The first kappa shape index (κ1) is 25.2. The van der Waals surface area contributed by atoms with E-state index >= 15 is 0 Å². The minimum atomic E-state index is 0.174. The van der Waals surface area contributed by atoms with Crippen LogP contribution in [0.25, 0.3) is 0 Å². The minimum Gasteiger partial charge on any atom is -0.513 e. The number of nitrogens with one attached hydrogen (secondary N) is 1. The molecule has 0 saturated carbocycles. The molecule has 0 spiro atoms. The third-order valence-corrected chi connectivity index (χ3v) is 6.15. The van der Waals surface area contributed by atoms with Gasteiger partial charge < -0.3 is 15.2 Å². The number of hydrogen-bond donors (Lipinski definition) is 2. The smallest absolute Gasteiger partial charge is 0.122 e. The third-order valence-electron chi connectivity index (χ3n) is 4.82.